The first-order chi connectivity index (χ1) is 8.87. The lowest BCUT2D eigenvalue weighted by molar-refractivity contribution is 0.0696. The van der Waals surface area contributed by atoms with Crippen LogP contribution in [0.5, 0.6) is 5.75 Å². The first-order valence-corrected chi connectivity index (χ1v) is 6.56. The standard InChI is InChI=1S/C15H21NO3/c1-6-18-13-8-10(2)12(7-11(13)3)15(4)9-16(5)14(17)19-15/h7-8H,6,9H2,1-5H3. The maximum atomic E-state index is 11.6. The van der Waals surface area contributed by atoms with Gasteiger partial charge in [0.15, 0.2) is 5.60 Å². The molecule has 2 rings (SSSR count). The molecular weight excluding hydrogens is 242 g/mol. The fraction of sp³-hybridized carbons (Fsp3) is 0.533. The van der Waals surface area contributed by atoms with Crippen LogP contribution in [0, 0.1) is 13.8 Å². The van der Waals surface area contributed by atoms with Crippen LogP contribution < -0.4 is 4.74 Å². The molecule has 0 spiro atoms. The largest absolute Gasteiger partial charge is 0.494 e. The Balaban J connectivity index is 2.41. The maximum absolute atomic E-state index is 11.6. The molecule has 0 aliphatic carbocycles. The number of benzene rings is 1. The first-order valence-electron chi connectivity index (χ1n) is 6.56. The van der Waals surface area contributed by atoms with Gasteiger partial charge in [-0.15, -0.1) is 0 Å². The normalized spacial score (nSPS) is 22.6. The van der Waals surface area contributed by atoms with Crippen LogP contribution >= 0.6 is 0 Å². The molecule has 1 aliphatic heterocycles. The van der Waals surface area contributed by atoms with E-state index in [4.69, 9.17) is 9.47 Å². The van der Waals surface area contributed by atoms with Crippen LogP contribution in [-0.4, -0.2) is 31.2 Å². The quantitative estimate of drug-likeness (QED) is 0.841. The third-order valence-electron chi connectivity index (χ3n) is 3.55. The number of carbonyl (C=O) groups is 1. The summed E-state index contributed by atoms with van der Waals surface area (Å²) in [4.78, 5) is 13.2. The number of rotatable bonds is 3. The number of nitrogens with zero attached hydrogens (tertiary/aromatic N) is 1. The van der Waals surface area contributed by atoms with Gasteiger partial charge in [0.1, 0.15) is 5.75 Å². The molecule has 0 saturated carbocycles. The highest BCUT2D eigenvalue weighted by molar-refractivity contribution is 5.71. The van der Waals surface area contributed by atoms with Crippen molar-refractivity contribution in [3.63, 3.8) is 0 Å². The summed E-state index contributed by atoms with van der Waals surface area (Å²) < 4.78 is 11.1. The average molecular weight is 263 g/mol. The molecule has 0 aromatic heterocycles. The Morgan fingerprint density at radius 3 is 2.58 bits per heavy atom. The van der Waals surface area contributed by atoms with Crippen LogP contribution in [0.25, 0.3) is 0 Å². The Morgan fingerprint density at radius 1 is 1.37 bits per heavy atom. The number of hydrogen-bond donors (Lipinski definition) is 0. The Kier molecular flexibility index (Phi) is 3.43. The lowest BCUT2D eigenvalue weighted by Crippen LogP contribution is -2.28. The number of likely N-dealkylation sites (N-methyl/N-ethyl adjacent to an activating group) is 1. The topological polar surface area (TPSA) is 38.8 Å². The van der Waals surface area contributed by atoms with Gasteiger partial charge in [0.05, 0.1) is 13.2 Å². The zero-order valence-corrected chi connectivity index (χ0v) is 12.2. The molecule has 4 heteroatoms. The summed E-state index contributed by atoms with van der Waals surface area (Å²) in [5, 5.41) is 0. The molecule has 1 amide bonds. The van der Waals surface area contributed by atoms with E-state index in [2.05, 4.69) is 6.07 Å². The van der Waals surface area contributed by atoms with Crippen molar-refractivity contribution in [3.8, 4) is 5.75 Å². The van der Waals surface area contributed by atoms with Crippen LogP contribution in [0.2, 0.25) is 0 Å². The lowest BCUT2D eigenvalue weighted by atomic mass is 9.90. The van der Waals surface area contributed by atoms with Crippen molar-refractivity contribution in [3.05, 3.63) is 28.8 Å². The Bertz CT molecular complexity index is 512. The van der Waals surface area contributed by atoms with E-state index in [1.54, 1.807) is 11.9 Å². The summed E-state index contributed by atoms with van der Waals surface area (Å²) in [5.74, 6) is 0.894. The predicted molar refractivity (Wildman–Crippen MR) is 73.5 cm³/mol. The molecule has 19 heavy (non-hydrogen) atoms. The fourth-order valence-corrected chi connectivity index (χ4v) is 2.63. The highest BCUT2D eigenvalue weighted by Crippen LogP contribution is 2.36. The summed E-state index contributed by atoms with van der Waals surface area (Å²) in [7, 11) is 1.75. The van der Waals surface area contributed by atoms with Gasteiger partial charge in [-0.2, -0.15) is 0 Å². The van der Waals surface area contributed by atoms with Gasteiger partial charge < -0.3 is 14.4 Å². The van der Waals surface area contributed by atoms with Crippen molar-refractivity contribution < 1.29 is 14.3 Å². The summed E-state index contributed by atoms with van der Waals surface area (Å²) >= 11 is 0. The zero-order chi connectivity index (χ0) is 14.2. The molecule has 1 fully saturated rings. The predicted octanol–water partition coefficient (Wildman–Crippen LogP) is 3.00. The molecule has 1 aromatic rings. The number of carbonyl (C=O) groups excluding carboxylic acids is 1. The highest BCUT2D eigenvalue weighted by atomic mass is 16.6. The molecule has 104 valence electrons. The van der Waals surface area contributed by atoms with E-state index in [0.717, 1.165) is 22.4 Å². The Hall–Kier alpha value is -1.71. The van der Waals surface area contributed by atoms with Gasteiger partial charge in [-0.3, -0.25) is 0 Å². The molecule has 1 atom stereocenters. The monoisotopic (exact) mass is 263 g/mol. The van der Waals surface area contributed by atoms with E-state index in [1.807, 2.05) is 33.8 Å². The van der Waals surface area contributed by atoms with Crippen LogP contribution in [0.3, 0.4) is 0 Å². The SMILES string of the molecule is CCOc1cc(C)c(C2(C)CN(C)C(=O)O2)cc1C. The maximum Gasteiger partial charge on any atom is 0.410 e. The van der Waals surface area contributed by atoms with Gasteiger partial charge in [-0.25, -0.2) is 4.79 Å². The van der Waals surface area contributed by atoms with Gasteiger partial charge in [0, 0.05) is 12.6 Å². The van der Waals surface area contributed by atoms with E-state index >= 15 is 0 Å². The molecule has 1 heterocycles. The minimum atomic E-state index is -0.578. The number of cyclic esters (lactones) is 1. The molecule has 0 radical (unpaired) electrons. The molecule has 1 saturated heterocycles. The Labute approximate surface area is 114 Å². The molecule has 0 N–H and O–H groups in total. The van der Waals surface area contributed by atoms with E-state index in [1.165, 1.54) is 0 Å². The second kappa shape index (κ2) is 4.76. The van der Waals surface area contributed by atoms with Crippen molar-refractivity contribution in [2.45, 2.75) is 33.3 Å². The second-order valence-electron chi connectivity index (χ2n) is 5.32. The minimum absolute atomic E-state index is 0.270. The second-order valence-corrected chi connectivity index (χ2v) is 5.32. The lowest BCUT2D eigenvalue weighted by Gasteiger charge is -2.25. The molecule has 4 nitrogen and oxygen atoms in total. The van der Waals surface area contributed by atoms with E-state index in [9.17, 15) is 4.79 Å². The smallest absolute Gasteiger partial charge is 0.410 e. The van der Waals surface area contributed by atoms with Gasteiger partial charge in [0.25, 0.3) is 0 Å². The summed E-state index contributed by atoms with van der Waals surface area (Å²) in [6.07, 6.45) is -0.270. The van der Waals surface area contributed by atoms with Crippen LogP contribution in [0.1, 0.15) is 30.5 Å². The van der Waals surface area contributed by atoms with Crippen LogP contribution in [0.4, 0.5) is 4.79 Å². The Morgan fingerprint density at radius 2 is 2.05 bits per heavy atom. The van der Waals surface area contributed by atoms with E-state index in [0.29, 0.717) is 13.2 Å². The van der Waals surface area contributed by atoms with Gasteiger partial charge in [-0.1, -0.05) is 0 Å². The van der Waals surface area contributed by atoms with E-state index in [-0.39, 0.29) is 6.09 Å². The summed E-state index contributed by atoms with van der Waals surface area (Å²) in [6.45, 7) is 9.18. The number of ether oxygens (including phenoxy) is 2. The van der Waals surface area contributed by atoms with Gasteiger partial charge in [0.2, 0.25) is 0 Å². The molecule has 1 aromatic carbocycles. The molecular formula is C15H21NO3. The van der Waals surface area contributed by atoms with Gasteiger partial charge in [-0.05, 0) is 51.0 Å². The van der Waals surface area contributed by atoms with Crippen molar-refractivity contribution in [2.75, 3.05) is 20.2 Å². The van der Waals surface area contributed by atoms with Crippen LogP contribution in [0.15, 0.2) is 12.1 Å². The van der Waals surface area contributed by atoms with Crippen molar-refractivity contribution >= 4 is 6.09 Å². The average Bonchev–Trinajstić information content (AvgIpc) is 2.58. The molecule has 1 aliphatic rings. The van der Waals surface area contributed by atoms with Crippen molar-refractivity contribution in [2.24, 2.45) is 0 Å². The minimum Gasteiger partial charge on any atom is -0.494 e. The number of hydrogen-bond acceptors (Lipinski definition) is 3. The first kappa shape index (κ1) is 13.7. The van der Waals surface area contributed by atoms with Crippen molar-refractivity contribution in [1.29, 1.82) is 0 Å². The fourth-order valence-electron chi connectivity index (χ4n) is 2.63. The van der Waals surface area contributed by atoms with Gasteiger partial charge >= 0.3 is 6.09 Å². The number of aryl methyl sites for hydroxylation is 2. The van der Waals surface area contributed by atoms with Crippen LogP contribution in [-0.2, 0) is 10.3 Å². The molecule has 0 bridgehead atoms. The number of amides is 1. The highest BCUT2D eigenvalue weighted by Gasteiger charge is 2.42. The summed E-state index contributed by atoms with van der Waals surface area (Å²) in [5.41, 5.74) is 2.62. The third kappa shape index (κ3) is 2.39. The van der Waals surface area contributed by atoms with E-state index < -0.39 is 5.60 Å². The molecule has 1 unspecified atom stereocenters. The summed E-state index contributed by atoms with van der Waals surface area (Å²) in [6, 6.07) is 4.08. The van der Waals surface area contributed by atoms with Crippen molar-refractivity contribution in [1.82, 2.24) is 4.90 Å². The third-order valence-corrected chi connectivity index (χ3v) is 3.55. The zero-order valence-electron chi connectivity index (χ0n) is 12.2.